The molecule has 3 nitrogen and oxygen atoms in total. The Bertz CT molecular complexity index is 1240. The number of carbonyl (C=O) groups excluding carboxylic acids is 2. The van der Waals surface area contributed by atoms with Crippen LogP contribution in [-0.2, 0) is 0 Å². The van der Waals surface area contributed by atoms with Gasteiger partial charge in [-0.2, -0.15) is 0 Å². The second kappa shape index (κ2) is 9.92. The molecular formula is C30H25NO2. The van der Waals surface area contributed by atoms with Crippen molar-refractivity contribution in [2.45, 2.75) is 13.8 Å². The molecule has 4 aromatic carbocycles. The molecule has 4 aromatic rings. The lowest BCUT2D eigenvalue weighted by Gasteiger charge is -2.25. The van der Waals surface area contributed by atoms with E-state index in [4.69, 9.17) is 0 Å². The number of carbonyl (C=O) groups is 2. The Morgan fingerprint density at radius 1 is 0.667 bits per heavy atom. The van der Waals surface area contributed by atoms with Gasteiger partial charge in [-0.3, -0.25) is 9.59 Å². The topological polar surface area (TPSA) is 37.4 Å². The van der Waals surface area contributed by atoms with Gasteiger partial charge in [-0.15, -0.1) is 0 Å². The summed E-state index contributed by atoms with van der Waals surface area (Å²) in [4.78, 5) is 25.9. The Labute approximate surface area is 194 Å². The second-order valence-electron chi connectivity index (χ2n) is 8.00. The van der Waals surface area contributed by atoms with E-state index < -0.39 is 0 Å². The van der Waals surface area contributed by atoms with Crippen molar-refractivity contribution in [3.8, 4) is 0 Å². The van der Waals surface area contributed by atoms with E-state index in [9.17, 15) is 9.59 Å². The molecule has 0 saturated carbocycles. The van der Waals surface area contributed by atoms with E-state index in [0.29, 0.717) is 17.4 Å². The largest absolute Gasteiger partial charge is 0.311 e. The molecule has 0 unspecified atom stereocenters. The number of aldehydes is 1. The number of nitrogens with zero attached hydrogens (tertiary/aromatic N) is 1. The highest BCUT2D eigenvalue weighted by Gasteiger charge is 2.12. The summed E-state index contributed by atoms with van der Waals surface area (Å²) in [5.41, 5.74) is 7.31. The Morgan fingerprint density at radius 2 is 1.15 bits per heavy atom. The van der Waals surface area contributed by atoms with Gasteiger partial charge in [0.05, 0.1) is 0 Å². The highest BCUT2D eigenvalue weighted by atomic mass is 16.1. The van der Waals surface area contributed by atoms with Gasteiger partial charge in [0.15, 0.2) is 12.1 Å². The van der Waals surface area contributed by atoms with Crippen molar-refractivity contribution >= 4 is 35.2 Å². The van der Waals surface area contributed by atoms with Gasteiger partial charge in [0, 0.05) is 28.2 Å². The average molecular weight is 432 g/mol. The number of hydrogen-bond acceptors (Lipinski definition) is 3. The first-order chi connectivity index (χ1) is 16.0. The van der Waals surface area contributed by atoms with E-state index in [-0.39, 0.29) is 5.78 Å². The molecule has 0 bridgehead atoms. The van der Waals surface area contributed by atoms with E-state index in [1.807, 2.05) is 24.3 Å². The first-order valence-electron chi connectivity index (χ1n) is 10.9. The zero-order valence-electron chi connectivity index (χ0n) is 18.7. The predicted molar refractivity (Wildman–Crippen MR) is 136 cm³/mol. The molecule has 0 aliphatic rings. The summed E-state index contributed by atoms with van der Waals surface area (Å²) in [5.74, 6) is -0.192. The summed E-state index contributed by atoms with van der Waals surface area (Å²) in [7, 11) is 0. The average Bonchev–Trinajstić information content (AvgIpc) is 2.85. The molecule has 0 N–H and O–H groups in total. The van der Waals surface area contributed by atoms with E-state index in [0.717, 1.165) is 22.6 Å². The highest BCUT2D eigenvalue weighted by molar-refractivity contribution is 6.10. The minimum absolute atomic E-state index is 0.192. The molecule has 0 radical (unpaired) electrons. The fraction of sp³-hybridized carbons (Fsp3) is 0.0667. The number of ketones is 1. The van der Waals surface area contributed by atoms with Crippen LogP contribution in [0.4, 0.5) is 17.1 Å². The Balaban J connectivity index is 1.62. The van der Waals surface area contributed by atoms with Gasteiger partial charge < -0.3 is 4.90 Å². The molecule has 162 valence electrons. The lowest BCUT2D eigenvalue weighted by molar-refractivity contribution is 0.103. The first-order valence-corrected chi connectivity index (χ1v) is 10.9. The van der Waals surface area contributed by atoms with E-state index in [2.05, 4.69) is 67.3 Å². The van der Waals surface area contributed by atoms with Crippen LogP contribution >= 0.6 is 0 Å². The van der Waals surface area contributed by atoms with Crippen LogP contribution in [0.3, 0.4) is 0 Å². The second-order valence-corrected chi connectivity index (χ2v) is 8.00. The molecular weight excluding hydrogens is 406 g/mol. The molecule has 0 fully saturated rings. The van der Waals surface area contributed by atoms with Crippen LogP contribution in [-0.4, -0.2) is 12.1 Å². The summed E-state index contributed by atoms with van der Waals surface area (Å²) in [5, 5.41) is 0. The molecule has 0 aliphatic heterocycles. The van der Waals surface area contributed by atoms with Gasteiger partial charge in [-0.25, -0.2) is 0 Å². The normalized spacial score (nSPS) is 10.8. The first kappa shape index (κ1) is 22.0. The van der Waals surface area contributed by atoms with Crippen LogP contribution in [0.15, 0.2) is 103 Å². The molecule has 0 spiro atoms. The minimum atomic E-state index is -0.192. The van der Waals surface area contributed by atoms with Crippen molar-refractivity contribution in [2.24, 2.45) is 0 Å². The molecule has 4 rings (SSSR count). The van der Waals surface area contributed by atoms with Gasteiger partial charge in [-0.1, -0.05) is 77.9 Å². The molecule has 0 saturated heterocycles. The Morgan fingerprint density at radius 3 is 1.67 bits per heavy atom. The number of anilines is 3. The van der Waals surface area contributed by atoms with Crippen molar-refractivity contribution in [2.75, 3.05) is 4.90 Å². The van der Waals surface area contributed by atoms with Crippen molar-refractivity contribution in [1.82, 2.24) is 0 Å². The van der Waals surface area contributed by atoms with Crippen molar-refractivity contribution in [3.05, 3.63) is 131 Å². The fourth-order valence-electron chi connectivity index (χ4n) is 3.66. The van der Waals surface area contributed by atoms with Gasteiger partial charge in [-0.05, 0) is 61.9 Å². The van der Waals surface area contributed by atoms with Crippen LogP contribution < -0.4 is 4.90 Å². The monoisotopic (exact) mass is 431 g/mol. The predicted octanol–water partition coefficient (Wildman–Crippen LogP) is 7.48. The fourth-order valence-corrected chi connectivity index (χ4v) is 3.66. The maximum Gasteiger partial charge on any atom is 0.186 e. The molecule has 3 heteroatoms. The summed E-state index contributed by atoms with van der Waals surface area (Å²) >= 11 is 0. The van der Waals surface area contributed by atoms with Gasteiger partial charge in [0.1, 0.15) is 0 Å². The van der Waals surface area contributed by atoms with Crippen molar-refractivity contribution < 1.29 is 9.59 Å². The van der Waals surface area contributed by atoms with Crippen LogP contribution in [0.25, 0.3) is 6.08 Å². The third-order valence-corrected chi connectivity index (χ3v) is 5.52. The maximum absolute atomic E-state index is 12.5. The molecule has 0 aliphatic carbocycles. The zero-order valence-corrected chi connectivity index (χ0v) is 18.7. The van der Waals surface area contributed by atoms with Crippen LogP contribution in [0.2, 0.25) is 0 Å². The summed E-state index contributed by atoms with van der Waals surface area (Å²) in [6.45, 7) is 4.16. The third kappa shape index (κ3) is 5.16. The summed E-state index contributed by atoms with van der Waals surface area (Å²) < 4.78 is 0. The van der Waals surface area contributed by atoms with Crippen molar-refractivity contribution in [3.63, 3.8) is 0 Å². The number of aryl methyl sites for hydroxylation is 2. The molecule has 0 amide bonds. The maximum atomic E-state index is 12.5. The number of allylic oxidation sites excluding steroid dienone is 1. The van der Waals surface area contributed by atoms with E-state index in [1.54, 1.807) is 30.3 Å². The Kier molecular flexibility index (Phi) is 6.61. The molecule has 0 aromatic heterocycles. The van der Waals surface area contributed by atoms with Gasteiger partial charge in [0.25, 0.3) is 0 Å². The van der Waals surface area contributed by atoms with Crippen LogP contribution in [0.5, 0.6) is 0 Å². The standard InChI is InChI=1S/C30H25NO2/c1-22-7-14-26(15-8-22)31(27-16-9-23(2)10-17-27)28-18-11-24(12-19-28)13-20-30(33)29-6-4-3-5-25(29)21-32/h3-21H,1-2H3/b20-13-. The number of rotatable bonds is 7. The number of hydrogen-bond donors (Lipinski definition) is 0. The molecule has 33 heavy (non-hydrogen) atoms. The highest BCUT2D eigenvalue weighted by Crippen LogP contribution is 2.34. The smallest absolute Gasteiger partial charge is 0.186 e. The number of benzene rings is 4. The SMILES string of the molecule is Cc1ccc(N(c2ccc(C)cc2)c2ccc(/C=C\C(=O)c3ccccc3C=O)cc2)cc1. The summed E-state index contributed by atoms with van der Waals surface area (Å²) in [6, 6.07) is 31.8. The zero-order chi connectivity index (χ0) is 23.2. The minimum Gasteiger partial charge on any atom is -0.311 e. The quantitative estimate of drug-likeness (QED) is 0.173. The summed E-state index contributed by atoms with van der Waals surface area (Å²) in [6.07, 6.45) is 3.99. The lowest BCUT2D eigenvalue weighted by atomic mass is 10.0. The van der Waals surface area contributed by atoms with Gasteiger partial charge in [0.2, 0.25) is 0 Å². The van der Waals surface area contributed by atoms with E-state index in [1.165, 1.54) is 17.2 Å². The third-order valence-electron chi connectivity index (χ3n) is 5.52. The lowest BCUT2D eigenvalue weighted by Crippen LogP contribution is -2.09. The molecule has 0 heterocycles. The Hall–Kier alpha value is -4.24. The van der Waals surface area contributed by atoms with Crippen LogP contribution in [0, 0.1) is 13.8 Å². The van der Waals surface area contributed by atoms with Gasteiger partial charge >= 0.3 is 0 Å². The van der Waals surface area contributed by atoms with Crippen molar-refractivity contribution in [1.29, 1.82) is 0 Å². The van der Waals surface area contributed by atoms with Crippen LogP contribution in [0.1, 0.15) is 37.4 Å². The van der Waals surface area contributed by atoms with E-state index >= 15 is 0 Å². The molecule has 0 atom stereocenters.